The zero-order chi connectivity index (χ0) is 10.8. The predicted molar refractivity (Wildman–Crippen MR) is 53.6 cm³/mol. The van der Waals surface area contributed by atoms with Gasteiger partial charge in [0.15, 0.2) is 11.5 Å². The zero-order valence-electron chi connectivity index (χ0n) is 8.40. The Morgan fingerprint density at radius 3 is 2.67 bits per heavy atom. The Morgan fingerprint density at radius 2 is 2.13 bits per heavy atom. The standard InChI is InChI=1S/C11H12O4/c1-14-10-6-7(11(12)13)2-5-9(10)15-8-3-4-8/h2,5-6,8H,3-4H2,1H3,(H,12,13). The molecule has 1 aromatic carbocycles. The number of ether oxygens (including phenoxy) is 2. The Hall–Kier alpha value is -1.71. The number of hydrogen-bond acceptors (Lipinski definition) is 3. The van der Waals surface area contributed by atoms with E-state index < -0.39 is 5.97 Å². The van der Waals surface area contributed by atoms with Crippen LogP contribution in [-0.2, 0) is 0 Å². The first kappa shape index (κ1) is 9.83. The van der Waals surface area contributed by atoms with Crippen molar-refractivity contribution in [3.05, 3.63) is 23.8 Å². The third-order valence-corrected chi connectivity index (χ3v) is 2.23. The topological polar surface area (TPSA) is 55.8 Å². The summed E-state index contributed by atoms with van der Waals surface area (Å²) < 4.78 is 10.6. The van der Waals surface area contributed by atoms with Gasteiger partial charge in [-0.05, 0) is 31.0 Å². The number of carbonyl (C=O) groups is 1. The van der Waals surface area contributed by atoms with Crippen LogP contribution in [0.4, 0.5) is 0 Å². The second-order valence-corrected chi connectivity index (χ2v) is 3.49. The maximum absolute atomic E-state index is 10.7. The lowest BCUT2D eigenvalue weighted by Gasteiger charge is -2.10. The van der Waals surface area contributed by atoms with Gasteiger partial charge in [-0.1, -0.05) is 0 Å². The van der Waals surface area contributed by atoms with Gasteiger partial charge in [0.2, 0.25) is 0 Å². The Labute approximate surface area is 87.4 Å². The van der Waals surface area contributed by atoms with Gasteiger partial charge in [0.1, 0.15) is 0 Å². The molecule has 4 nitrogen and oxygen atoms in total. The summed E-state index contributed by atoms with van der Waals surface area (Å²) in [5.74, 6) is 0.123. The largest absolute Gasteiger partial charge is 0.493 e. The lowest BCUT2D eigenvalue weighted by atomic mass is 10.2. The lowest BCUT2D eigenvalue weighted by molar-refractivity contribution is 0.0696. The Morgan fingerprint density at radius 1 is 1.40 bits per heavy atom. The summed E-state index contributed by atoms with van der Waals surface area (Å²) in [6.07, 6.45) is 2.39. The fourth-order valence-electron chi connectivity index (χ4n) is 1.26. The van der Waals surface area contributed by atoms with Crippen molar-refractivity contribution in [1.29, 1.82) is 0 Å². The minimum Gasteiger partial charge on any atom is -0.493 e. The Balaban J connectivity index is 2.25. The number of benzene rings is 1. The van der Waals surface area contributed by atoms with Crippen LogP contribution >= 0.6 is 0 Å². The molecule has 0 bridgehead atoms. The second-order valence-electron chi connectivity index (χ2n) is 3.49. The van der Waals surface area contributed by atoms with Gasteiger partial charge in [0.05, 0.1) is 18.8 Å². The molecule has 15 heavy (non-hydrogen) atoms. The molecule has 0 spiro atoms. The summed E-state index contributed by atoms with van der Waals surface area (Å²) in [6, 6.07) is 4.63. The fourth-order valence-corrected chi connectivity index (χ4v) is 1.26. The number of aromatic carboxylic acids is 1. The van der Waals surface area contributed by atoms with Gasteiger partial charge in [0.25, 0.3) is 0 Å². The molecule has 0 unspecified atom stereocenters. The fraction of sp³-hybridized carbons (Fsp3) is 0.364. The first-order valence-corrected chi connectivity index (χ1v) is 4.78. The van der Waals surface area contributed by atoms with Crippen molar-refractivity contribution in [2.45, 2.75) is 18.9 Å². The third kappa shape index (κ3) is 2.21. The van der Waals surface area contributed by atoms with Crippen LogP contribution in [-0.4, -0.2) is 24.3 Å². The summed E-state index contributed by atoms with van der Waals surface area (Å²) in [6.45, 7) is 0. The zero-order valence-corrected chi connectivity index (χ0v) is 8.40. The molecule has 0 amide bonds. The van der Waals surface area contributed by atoms with Crippen LogP contribution in [0.2, 0.25) is 0 Å². The summed E-state index contributed by atoms with van der Waals surface area (Å²) >= 11 is 0. The molecular formula is C11H12O4. The highest BCUT2D eigenvalue weighted by atomic mass is 16.5. The number of methoxy groups -OCH3 is 1. The van der Waals surface area contributed by atoms with E-state index in [0.717, 1.165) is 12.8 Å². The van der Waals surface area contributed by atoms with Crippen LogP contribution in [0.25, 0.3) is 0 Å². The first-order chi connectivity index (χ1) is 7.20. The molecule has 0 aliphatic heterocycles. The summed E-state index contributed by atoms with van der Waals surface area (Å²) in [4.78, 5) is 10.7. The highest BCUT2D eigenvalue weighted by molar-refractivity contribution is 5.88. The quantitative estimate of drug-likeness (QED) is 0.821. The SMILES string of the molecule is COc1cc(C(=O)O)ccc1OC1CC1. The molecule has 1 N–H and O–H groups in total. The smallest absolute Gasteiger partial charge is 0.335 e. The molecule has 80 valence electrons. The summed E-state index contributed by atoms with van der Waals surface area (Å²) in [5.41, 5.74) is 0.204. The maximum atomic E-state index is 10.7. The number of carboxylic acids is 1. The number of rotatable bonds is 4. The normalized spacial score (nSPS) is 14.7. The molecule has 2 rings (SSSR count). The van der Waals surface area contributed by atoms with E-state index in [-0.39, 0.29) is 11.7 Å². The van der Waals surface area contributed by atoms with Crippen LogP contribution in [0.1, 0.15) is 23.2 Å². The minimum atomic E-state index is -0.966. The van der Waals surface area contributed by atoms with Crippen molar-refractivity contribution in [3.8, 4) is 11.5 Å². The van der Waals surface area contributed by atoms with E-state index in [1.54, 1.807) is 6.07 Å². The lowest BCUT2D eigenvalue weighted by Crippen LogP contribution is -2.01. The molecule has 1 aliphatic rings. The Kier molecular flexibility index (Phi) is 2.49. The molecule has 1 fully saturated rings. The molecule has 1 aliphatic carbocycles. The van der Waals surface area contributed by atoms with Crippen molar-refractivity contribution < 1.29 is 19.4 Å². The van der Waals surface area contributed by atoms with E-state index in [9.17, 15) is 4.79 Å². The van der Waals surface area contributed by atoms with Gasteiger partial charge in [-0.25, -0.2) is 4.79 Å². The van der Waals surface area contributed by atoms with E-state index >= 15 is 0 Å². The van der Waals surface area contributed by atoms with Gasteiger partial charge >= 0.3 is 5.97 Å². The average Bonchev–Trinajstić information content (AvgIpc) is 3.02. The third-order valence-electron chi connectivity index (χ3n) is 2.23. The van der Waals surface area contributed by atoms with Crippen molar-refractivity contribution >= 4 is 5.97 Å². The first-order valence-electron chi connectivity index (χ1n) is 4.78. The van der Waals surface area contributed by atoms with Crippen molar-refractivity contribution in [2.75, 3.05) is 7.11 Å². The monoisotopic (exact) mass is 208 g/mol. The highest BCUT2D eigenvalue weighted by Crippen LogP contribution is 2.34. The Bertz CT molecular complexity index is 382. The van der Waals surface area contributed by atoms with E-state index in [4.69, 9.17) is 14.6 Å². The second kappa shape index (κ2) is 3.81. The van der Waals surface area contributed by atoms with Gasteiger partial charge in [0, 0.05) is 0 Å². The highest BCUT2D eigenvalue weighted by Gasteiger charge is 2.25. The molecule has 4 heteroatoms. The van der Waals surface area contributed by atoms with Crippen LogP contribution in [0.15, 0.2) is 18.2 Å². The molecule has 0 aromatic heterocycles. The van der Waals surface area contributed by atoms with Gasteiger partial charge < -0.3 is 14.6 Å². The van der Waals surface area contributed by atoms with Crippen molar-refractivity contribution in [3.63, 3.8) is 0 Å². The van der Waals surface area contributed by atoms with E-state index in [0.29, 0.717) is 11.5 Å². The van der Waals surface area contributed by atoms with Crippen LogP contribution in [0.5, 0.6) is 11.5 Å². The van der Waals surface area contributed by atoms with Gasteiger partial charge in [-0.2, -0.15) is 0 Å². The molecular weight excluding hydrogens is 196 g/mol. The van der Waals surface area contributed by atoms with Crippen molar-refractivity contribution in [1.82, 2.24) is 0 Å². The van der Waals surface area contributed by atoms with Crippen LogP contribution in [0.3, 0.4) is 0 Å². The van der Waals surface area contributed by atoms with Crippen molar-refractivity contribution in [2.24, 2.45) is 0 Å². The predicted octanol–water partition coefficient (Wildman–Crippen LogP) is 1.93. The molecule has 0 radical (unpaired) electrons. The maximum Gasteiger partial charge on any atom is 0.335 e. The minimum absolute atomic E-state index is 0.204. The van der Waals surface area contributed by atoms with Crippen LogP contribution < -0.4 is 9.47 Å². The number of hydrogen-bond donors (Lipinski definition) is 1. The molecule has 1 saturated carbocycles. The van der Waals surface area contributed by atoms with Crippen LogP contribution in [0, 0.1) is 0 Å². The van der Waals surface area contributed by atoms with Gasteiger partial charge in [-0.15, -0.1) is 0 Å². The molecule has 1 aromatic rings. The van der Waals surface area contributed by atoms with E-state index in [2.05, 4.69) is 0 Å². The number of carboxylic acid groups (broad SMARTS) is 1. The summed E-state index contributed by atoms with van der Waals surface area (Å²) in [7, 11) is 1.50. The average molecular weight is 208 g/mol. The molecule has 0 heterocycles. The summed E-state index contributed by atoms with van der Waals surface area (Å²) in [5, 5.41) is 8.79. The van der Waals surface area contributed by atoms with E-state index in [1.165, 1.54) is 19.2 Å². The molecule has 0 atom stereocenters. The molecule has 0 saturated heterocycles. The van der Waals surface area contributed by atoms with Gasteiger partial charge in [-0.3, -0.25) is 0 Å². The van der Waals surface area contributed by atoms with E-state index in [1.807, 2.05) is 0 Å².